The Hall–Kier alpha value is -3.01. The molecule has 0 radical (unpaired) electrons. The summed E-state index contributed by atoms with van der Waals surface area (Å²) in [5.74, 6) is 0.640. The molecule has 0 aliphatic carbocycles. The van der Waals surface area contributed by atoms with Gasteiger partial charge >= 0.3 is 0 Å². The van der Waals surface area contributed by atoms with Gasteiger partial charge in [0.15, 0.2) is 5.78 Å². The maximum absolute atomic E-state index is 12.3. The van der Waals surface area contributed by atoms with Gasteiger partial charge in [-0.05, 0) is 67.8 Å². The van der Waals surface area contributed by atoms with E-state index in [1.807, 2.05) is 32.1 Å². The molecular weight excluding hydrogens is 326 g/mol. The minimum absolute atomic E-state index is 0.116. The fourth-order valence-corrected chi connectivity index (χ4v) is 2.42. The summed E-state index contributed by atoms with van der Waals surface area (Å²) in [6.45, 7) is 4.49. The fraction of sp³-hybridized carbons (Fsp3) is 0.227. The first-order valence-electron chi connectivity index (χ1n) is 8.73. The minimum Gasteiger partial charge on any atom is -0.508 e. The number of anilines is 1. The van der Waals surface area contributed by atoms with Crippen LogP contribution in [-0.2, 0) is 6.42 Å². The lowest BCUT2D eigenvalue weighted by Crippen LogP contribution is -1.99. The molecule has 0 amide bonds. The van der Waals surface area contributed by atoms with Gasteiger partial charge in [-0.1, -0.05) is 19.1 Å². The summed E-state index contributed by atoms with van der Waals surface area (Å²) in [4.78, 5) is 12.3. The van der Waals surface area contributed by atoms with Gasteiger partial charge in [-0.3, -0.25) is 4.79 Å². The van der Waals surface area contributed by atoms with Crippen LogP contribution in [0.15, 0.2) is 54.6 Å². The van der Waals surface area contributed by atoms with Gasteiger partial charge < -0.3 is 15.6 Å². The van der Waals surface area contributed by atoms with Crippen LogP contribution >= 0.6 is 0 Å². The number of carbonyl (C=O) groups is 1. The molecule has 0 atom stereocenters. The normalized spacial score (nSPS) is 11.3. The van der Waals surface area contributed by atoms with E-state index in [1.54, 1.807) is 36.4 Å². The summed E-state index contributed by atoms with van der Waals surface area (Å²) in [5, 5.41) is 10.2. The molecule has 0 bridgehead atoms. The first-order valence-corrected chi connectivity index (χ1v) is 8.73. The molecule has 0 saturated carbocycles. The quantitative estimate of drug-likeness (QED) is 0.311. The number of ether oxygens (including phenoxy) is 1. The zero-order chi connectivity index (χ0) is 18.9. The molecule has 26 heavy (non-hydrogen) atoms. The predicted molar refractivity (Wildman–Crippen MR) is 107 cm³/mol. The van der Waals surface area contributed by atoms with E-state index < -0.39 is 0 Å². The van der Waals surface area contributed by atoms with E-state index in [0.29, 0.717) is 30.0 Å². The zero-order valence-electron chi connectivity index (χ0n) is 15.2. The molecule has 0 aliphatic heterocycles. The van der Waals surface area contributed by atoms with Gasteiger partial charge in [0.1, 0.15) is 11.5 Å². The van der Waals surface area contributed by atoms with E-state index in [1.165, 1.54) is 6.08 Å². The standard InChI is InChI=1S/C22H25NO3/c1-3-5-6-17-14-18(22(15-21(17)25)26-13-4-2)9-12-20(24)16-7-10-19(23)11-8-16/h3,5,7-12,14-15,25H,4,6,13,23H2,1-2H3. The SMILES string of the molecule is CC=CCc1cc(C=CC(=O)c2ccc(N)cc2)c(OCCC)cc1O. The Morgan fingerprint density at radius 1 is 1.23 bits per heavy atom. The molecule has 0 heterocycles. The van der Waals surface area contributed by atoms with Crippen molar-refractivity contribution in [3.05, 3.63) is 71.3 Å². The summed E-state index contributed by atoms with van der Waals surface area (Å²) < 4.78 is 5.72. The van der Waals surface area contributed by atoms with Gasteiger partial charge in [-0.15, -0.1) is 0 Å². The number of allylic oxidation sites excluding steroid dienone is 3. The van der Waals surface area contributed by atoms with Crippen molar-refractivity contribution in [3.8, 4) is 11.5 Å². The number of carbonyl (C=O) groups excluding carboxylic acids is 1. The number of nitrogens with two attached hydrogens (primary N) is 1. The molecule has 4 nitrogen and oxygen atoms in total. The molecule has 2 aromatic carbocycles. The largest absolute Gasteiger partial charge is 0.508 e. The minimum atomic E-state index is -0.116. The van der Waals surface area contributed by atoms with Crippen molar-refractivity contribution in [2.75, 3.05) is 12.3 Å². The number of nitrogen functional groups attached to an aromatic ring is 1. The van der Waals surface area contributed by atoms with E-state index in [0.717, 1.165) is 17.5 Å². The van der Waals surface area contributed by atoms with Crippen LogP contribution in [0.25, 0.3) is 6.08 Å². The number of ketones is 1. The Bertz CT molecular complexity index is 805. The van der Waals surface area contributed by atoms with Crippen molar-refractivity contribution in [2.45, 2.75) is 26.7 Å². The van der Waals surface area contributed by atoms with Crippen LogP contribution in [-0.4, -0.2) is 17.5 Å². The highest BCUT2D eigenvalue weighted by Gasteiger charge is 2.09. The number of hydrogen-bond acceptors (Lipinski definition) is 4. The van der Waals surface area contributed by atoms with Crippen LogP contribution in [0.1, 0.15) is 41.8 Å². The van der Waals surface area contributed by atoms with Crippen LogP contribution in [0.5, 0.6) is 11.5 Å². The molecule has 0 unspecified atom stereocenters. The summed E-state index contributed by atoms with van der Waals surface area (Å²) >= 11 is 0. The van der Waals surface area contributed by atoms with E-state index in [9.17, 15) is 9.90 Å². The second-order valence-corrected chi connectivity index (χ2v) is 5.96. The van der Waals surface area contributed by atoms with Crippen molar-refractivity contribution < 1.29 is 14.6 Å². The Morgan fingerprint density at radius 2 is 1.96 bits per heavy atom. The van der Waals surface area contributed by atoms with E-state index >= 15 is 0 Å². The topological polar surface area (TPSA) is 72.6 Å². The van der Waals surface area contributed by atoms with Gasteiger partial charge in [0.25, 0.3) is 0 Å². The summed E-state index contributed by atoms with van der Waals surface area (Å²) in [6.07, 6.45) is 8.60. The summed E-state index contributed by atoms with van der Waals surface area (Å²) in [6, 6.07) is 10.3. The highest BCUT2D eigenvalue weighted by Crippen LogP contribution is 2.30. The first kappa shape index (κ1) is 19.3. The van der Waals surface area contributed by atoms with E-state index in [-0.39, 0.29) is 11.5 Å². The van der Waals surface area contributed by atoms with Crippen molar-refractivity contribution in [3.63, 3.8) is 0 Å². The molecule has 0 fully saturated rings. The predicted octanol–water partition coefficient (Wildman–Crippen LogP) is 4.78. The third-order valence-electron chi connectivity index (χ3n) is 3.86. The smallest absolute Gasteiger partial charge is 0.185 e. The van der Waals surface area contributed by atoms with Gasteiger partial charge in [0.2, 0.25) is 0 Å². The molecule has 0 spiro atoms. The number of phenolic OH excluding ortho intramolecular Hbond substituents is 1. The Kier molecular flexibility index (Phi) is 7.03. The van der Waals surface area contributed by atoms with Crippen LogP contribution in [0.3, 0.4) is 0 Å². The molecule has 0 aliphatic rings. The van der Waals surface area contributed by atoms with Gasteiger partial charge in [0.05, 0.1) is 6.61 Å². The first-order chi connectivity index (χ1) is 12.5. The second kappa shape index (κ2) is 9.47. The average molecular weight is 351 g/mol. The summed E-state index contributed by atoms with van der Waals surface area (Å²) in [7, 11) is 0. The molecular formula is C22H25NO3. The number of rotatable bonds is 8. The highest BCUT2D eigenvalue weighted by molar-refractivity contribution is 6.07. The van der Waals surface area contributed by atoms with Crippen molar-refractivity contribution in [2.24, 2.45) is 0 Å². The number of benzene rings is 2. The molecule has 2 rings (SSSR count). The number of hydrogen-bond donors (Lipinski definition) is 2. The van der Waals surface area contributed by atoms with E-state index in [4.69, 9.17) is 10.5 Å². The van der Waals surface area contributed by atoms with Crippen LogP contribution in [0.4, 0.5) is 5.69 Å². The van der Waals surface area contributed by atoms with Crippen molar-refractivity contribution >= 4 is 17.5 Å². The van der Waals surface area contributed by atoms with Crippen LogP contribution in [0.2, 0.25) is 0 Å². The lowest BCUT2D eigenvalue weighted by Gasteiger charge is -2.12. The second-order valence-electron chi connectivity index (χ2n) is 5.96. The molecule has 0 aromatic heterocycles. The lowest BCUT2D eigenvalue weighted by molar-refractivity contribution is 0.104. The van der Waals surface area contributed by atoms with Gasteiger partial charge in [-0.25, -0.2) is 0 Å². The van der Waals surface area contributed by atoms with Crippen molar-refractivity contribution in [1.82, 2.24) is 0 Å². The van der Waals surface area contributed by atoms with Crippen LogP contribution in [0, 0.1) is 0 Å². The molecule has 3 N–H and O–H groups in total. The maximum Gasteiger partial charge on any atom is 0.185 e. The number of aromatic hydroxyl groups is 1. The molecule has 136 valence electrons. The lowest BCUT2D eigenvalue weighted by atomic mass is 10.0. The zero-order valence-corrected chi connectivity index (χ0v) is 15.2. The Labute approximate surface area is 154 Å². The Balaban J connectivity index is 2.31. The third-order valence-corrected chi connectivity index (χ3v) is 3.86. The van der Waals surface area contributed by atoms with E-state index in [2.05, 4.69) is 0 Å². The molecule has 4 heteroatoms. The number of phenols is 1. The third kappa shape index (κ3) is 5.24. The fourth-order valence-electron chi connectivity index (χ4n) is 2.42. The van der Waals surface area contributed by atoms with Gasteiger partial charge in [0, 0.05) is 22.9 Å². The molecule has 2 aromatic rings. The van der Waals surface area contributed by atoms with Crippen molar-refractivity contribution in [1.29, 1.82) is 0 Å². The van der Waals surface area contributed by atoms with Gasteiger partial charge in [-0.2, -0.15) is 0 Å². The maximum atomic E-state index is 12.3. The molecule has 0 saturated heterocycles. The average Bonchev–Trinajstić information content (AvgIpc) is 2.64. The monoisotopic (exact) mass is 351 g/mol. The highest BCUT2D eigenvalue weighted by atomic mass is 16.5. The Morgan fingerprint density at radius 3 is 2.62 bits per heavy atom. The van der Waals surface area contributed by atoms with Crippen LogP contribution < -0.4 is 10.5 Å². The summed E-state index contributed by atoms with van der Waals surface area (Å²) in [5.41, 5.74) is 8.39.